The Morgan fingerprint density at radius 1 is 1.24 bits per heavy atom. The summed E-state index contributed by atoms with van der Waals surface area (Å²) in [5.41, 5.74) is 1.26. The maximum Gasteiger partial charge on any atom is 0.251 e. The molecule has 2 aliphatic carbocycles. The molecule has 1 aromatic carbocycles. The second-order valence-corrected chi connectivity index (χ2v) is 5.82. The van der Waals surface area contributed by atoms with Crippen molar-refractivity contribution in [2.45, 2.75) is 19.8 Å². The Morgan fingerprint density at radius 2 is 2.10 bits per heavy atom. The first kappa shape index (κ1) is 13.9. The lowest BCUT2D eigenvalue weighted by atomic mass is 9.93. The van der Waals surface area contributed by atoms with Crippen LogP contribution in [0.3, 0.4) is 0 Å². The van der Waals surface area contributed by atoms with Crippen molar-refractivity contribution >= 4 is 17.5 Å². The van der Waals surface area contributed by atoms with Crippen LogP contribution in [0.1, 0.15) is 30.1 Å². The maximum atomic E-state index is 12.4. The van der Waals surface area contributed by atoms with Crippen molar-refractivity contribution in [2.75, 3.05) is 11.9 Å². The van der Waals surface area contributed by atoms with E-state index in [0.29, 0.717) is 29.6 Å². The van der Waals surface area contributed by atoms with Gasteiger partial charge in [-0.1, -0.05) is 18.2 Å². The lowest BCUT2D eigenvalue weighted by molar-refractivity contribution is -0.120. The SMILES string of the molecule is CCNC(=O)c1cccc(NC(=O)C2CC3C=CC2C3)c1. The van der Waals surface area contributed by atoms with Crippen LogP contribution in [0.4, 0.5) is 5.69 Å². The Balaban J connectivity index is 1.67. The summed E-state index contributed by atoms with van der Waals surface area (Å²) in [6.45, 7) is 2.47. The Hall–Kier alpha value is -2.10. The fourth-order valence-corrected chi connectivity index (χ4v) is 3.32. The number of nitrogens with one attached hydrogen (secondary N) is 2. The topological polar surface area (TPSA) is 58.2 Å². The van der Waals surface area contributed by atoms with Crippen LogP contribution in [0.15, 0.2) is 36.4 Å². The molecule has 2 amide bonds. The van der Waals surface area contributed by atoms with Gasteiger partial charge in [0.2, 0.25) is 5.91 Å². The third-order valence-corrected chi connectivity index (χ3v) is 4.35. The van der Waals surface area contributed by atoms with Crippen LogP contribution in [-0.2, 0) is 4.79 Å². The second-order valence-electron chi connectivity index (χ2n) is 5.82. The number of benzene rings is 1. The maximum absolute atomic E-state index is 12.4. The quantitative estimate of drug-likeness (QED) is 0.835. The molecule has 4 nitrogen and oxygen atoms in total. The molecule has 0 saturated heterocycles. The third-order valence-electron chi connectivity index (χ3n) is 4.35. The zero-order chi connectivity index (χ0) is 14.8. The van der Waals surface area contributed by atoms with E-state index in [1.165, 1.54) is 0 Å². The normalized spacial score (nSPS) is 25.9. The number of hydrogen-bond donors (Lipinski definition) is 2. The van der Waals surface area contributed by atoms with Crippen LogP contribution in [0.2, 0.25) is 0 Å². The molecule has 3 unspecified atom stereocenters. The molecule has 0 radical (unpaired) electrons. The number of anilines is 1. The van der Waals surface area contributed by atoms with Crippen molar-refractivity contribution in [1.29, 1.82) is 0 Å². The van der Waals surface area contributed by atoms with E-state index in [1.807, 2.05) is 13.0 Å². The monoisotopic (exact) mass is 284 g/mol. The minimum atomic E-state index is -0.114. The molecule has 1 aromatic rings. The smallest absolute Gasteiger partial charge is 0.251 e. The number of carbonyl (C=O) groups excluding carboxylic acids is 2. The lowest BCUT2D eigenvalue weighted by Gasteiger charge is -2.17. The van der Waals surface area contributed by atoms with E-state index in [2.05, 4.69) is 22.8 Å². The summed E-state index contributed by atoms with van der Waals surface area (Å²) in [4.78, 5) is 24.2. The Morgan fingerprint density at radius 3 is 2.76 bits per heavy atom. The van der Waals surface area contributed by atoms with E-state index in [-0.39, 0.29) is 17.7 Å². The molecule has 0 heterocycles. The number of fused-ring (bicyclic) bond motifs is 2. The predicted octanol–water partition coefficient (Wildman–Crippen LogP) is 2.59. The van der Waals surface area contributed by atoms with Crippen molar-refractivity contribution in [1.82, 2.24) is 5.32 Å². The average molecular weight is 284 g/mol. The van der Waals surface area contributed by atoms with Crippen molar-refractivity contribution in [3.63, 3.8) is 0 Å². The molecule has 0 aromatic heterocycles. The summed E-state index contributed by atoms with van der Waals surface area (Å²) in [7, 11) is 0. The summed E-state index contributed by atoms with van der Waals surface area (Å²) < 4.78 is 0. The largest absolute Gasteiger partial charge is 0.352 e. The number of rotatable bonds is 4. The molecular weight excluding hydrogens is 264 g/mol. The predicted molar refractivity (Wildman–Crippen MR) is 81.9 cm³/mol. The molecule has 110 valence electrons. The number of carbonyl (C=O) groups is 2. The number of amides is 2. The van der Waals surface area contributed by atoms with E-state index in [0.717, 1.165) is 12.8 Å². The van der Waals surface area contributed by atoms with Crippen LogP contribution < -0.4 is 10.6 Å². The van der Waals surface area contributed by atoms with Crippen LogP contribution >= 0.6 is 0 Å². The van der Waals surface area contributed by atoms with E-state index >= 15 is 0 Å². The highest BCUT2D eigenvalue weighted by molar-refractivity contribution is 5.97. The fraction of sp³-hybridized carbons (Fsp3) is 0.412. The molecule has 2 aliphatic rings. The van der Waals surface area contributed by atoms with Gasteiger partial charge in [0.15, 0.2) is 0 Å². The molecule has 1 saturated carbocycles. The highest BCUT2D eigenvalue weighted by Gasteiger charge is 2.39. The van der Waals surface area contributed by atoms with E-state index in [9.17, 15) is 9.59 Å². The molecule has 3 atom stereocenters. The molecule has 0 spiro atoms. The molecule has 21 heavy (non-hydrogen) atoms. The van der Waals surface area contributed by atoms with Gasteiger partial charge in [-0.3, -0.25) is 9.59 Å². The highest BCUT2D eigenvalue weighted by atomic mass is 16.2. The fourth-order valence-electron chi connectivity index (χ4n) is 3.32. The van der Waals surface area contributed by atoms with Gasteiger partial charge in [-0.25, -0.2) is 0 Å². The van der Waals surface area contributed by atoms with Crippen molar-refractivity contribution in [3.05, 3.63) is 42.0 Å². The first-order chi connectivity index (χ1) is 10.2. The Kier molecular flexibility index (Phi) is 3.78. The minimum absolute atomic E-state index is 0.0694. The first-order valence-electron chi connectivity index (χ1n) is 7.55. The lowest BCUT2D eigenvalue weighted by Crippen LogP contribution is -2.26. The van der Waals surface area contributed by atoms with Crippen LogP contribution in [0, 0.1) is 17.8 Å². The zero-order valence-corrected chi connectivity index (χ0v) is 12.1. The summed E-state index contributed by atoms with van der Waals surface area (Å²) >= 11 is 0. The van der Waals surface area contributed by atoms with E-state index in [1.54, 1.807) is 18.2 Å². The molecule has 2 bridgehead atoms. The van der Waals surface area contributed by atoms with Gasteiger partial charge in [0.25, 0.3) is 5.91 Å². The summed E-state index contributed by atoms with van der Waals surface area (Å²) in [6.07, 6.45) is 6.45. The van der Waals surface area contributed by atoms with Crippen molar-refractivity contribution in [3.8, 4) is 0 Å². The average Bonchev–Trinajstić information content (AvgIpc) is 3.10. The second kappa shape index (κ2) is 5.72. The van der Waals surface area contributed by atoms with Crippen LogP contribution in [0.25, 0.3) is 0 Å². The van der Waals surface area contributed by atoms with Crippen molar-refractivity contribution < 1.29 is 9.59 Å². The van der Waals surface area contributed by atoms with Crippen LogP contribution in [0.5, 0.6) is 0 Å². The first-order valence-corrected chi connectivity index (χ1v) is 7.55. The van der Waals surface area contributed by atoms with Crippen molar-refractivity contribution in [2.24, 2.45) is 17.8 Å². The highest BCUT2D eigenvalue weighted by Crippen LogP contribution is 2.43. The van der Waals surface area contributed by atoms with E-state index < -0.39 is 0 Å². The molecule has 4 heteroatoms. The summed E-state index contributed by atoms with van der Waals surface area (Å²) in [5.74, 6) is 0.999. The molecular formula is C17H20N2O2. The van der Waals surface area contributed by atoms with Gasteiger partial charge in [0, 0.05) is 23.7 Å². The standard InChI is InChI=1S/C17H20N2O2/c1-2-18-16(20)13-4-3-5-14(10-13)19-17(21)15-9-11-6-7-12(15)8-11/h3-7,10-12,15H,2,8-9H2,1H3,(H,18,20)(H,19,21). The van der Waals surface area contributed by atoms with Gasteiger partial charge in [0.1, 0.15) is 0 Å². The Labute approximate surface area is 124 Å². The van der Waals surface area contributed by atoms with Gasteiger partial charge >= 0.3 is 0 Å². The molecule has 2 N–H and O–H groups in total. The van der Waals surface area contributed by atoms with Gasteiger partial charge < -0.3 is 10.6 Å². The molecule has 0 aliphatic heterocycles. The zero-order valence-electron chi connectivity index (χ0n) is 12.1. The Bertz CT molecular complexity index is 594. The van der Waals surface area contributed by atoms with Gasteiger partial charge in [-0.2, -0.15) is 0 Å². The van der Waals surface area contributed by atoms with Gasteiger partial charge in [-0.05, 0) is 49.8 Å². The number of allylic oxidation sites excluding steroid dienone is 2. The third kappa shape index (κ3) is 2.84. The number of hydrogen-bond acceptors (Lipinski definition) is 2. The van der Waals surface area contributed by atoms with Gasteiger partial charge in [0.05, 0.1) is 0 Å². The molecule has 1 fully saturated rings. The summed E-state index contributed by atoms with van der Waals surface area (Å²) in [6, 6.07) is 7.09. The van der Waals surface area contributed by atoms with E-state index in [4.69, 9.17) is 0 Å². The summed E-state index contributed by atoms with van der Waals surface area (Å²) in [5, 5.41) is 5.71. The minimum Gasteiger partial charge on any atom is -0.352 e. The molecule has 3 rings (SSSR count). The van der Waals surface area contributed by atoms with Crippen LogP contribution in [-0.4, -0.2) is 18.4 Å². The van der Waals surface area contributed by atoms with Gasteiger partial charge in [-0.15, -0.1) is 0 Å².